The van der Waals surface area contributed by atoms with Crippen LogP contribution in [0.15, 0.2) is 33.5 Å². The van der Waals surface area contributed by atoms with Crippen LogP contribution in [0.2, 0.25) is 0 Å². The van der Waals surface area contributed by atoms with E-state index in [1.165, 1.54) is 6.42 Å². The molecule has 1 amide bonds. The Morgan fingerprint density at radius 1 is 1.26 bits per heavy atom. The van der Waals surface area contributed by atoms with Crippen LogP contribution in [0, 0.1) is 5.92 Å². The van der Waals surface area contributed by atoms with Gasteiger partial charge in [-0.15, -0.1) is 0 Å². The maximum atomic E-state index is 12.3. The molecule has 1 saturated carbocycles. The number of carbonyl (C=O) groups is 1. The highest BCUT2D eigenvalue weighted by Gasteiger charge is 2.22. The standard InChI is InChI=1S/C18H21NO4/c1-2-22-14-9-8-13-10-15(18(21)23-16(13)11-14)19-17(20)12-6-4-3-5-7-12/h8-12H,2-7H2,1H3,(H,19,20). The molecule has 0 spiro atoms. The Labute approximate surface area is 134 Å². The highest BCUT2D eigenvalue weighted by atomic mass is 16.5. The van der Waals surface area contributed by atoms with E-state index in [4.69, 9.17) is 9.15 Å². The first-order valence-electron chi connectivity index (χ1n) is 8.19. The molecular weight excluding hydrogens is 294 g/mol. The molecule has 23 heavy (non-hydrogen) atoms. The number of nitrogens with one attached hydrogen (secondary N) is 1. The quantitative estimate of drug-likeness (QED) is 0.873. The molecule has 5 heteroatoms. The molecular formula is C18H21NO4. The third-order valence-electron chi connectivity index (χ3n) is 4.25. The largest absolute Gasteiger partial charge is 0.494 e. The van der Waals surface area contributed by atoms with Gasteiger partial charge in [-0.25, -0.2) is 4.79 Å². The summed E-state index contributed by atoms with van der Waals surface area (Å²) in [6.07, 6.45) is 5.12. The Morgan fingerprint density at radius 3 is 2.78 bits per heavy atom. The van der Waals surface area contributed by atoms with Crippen molar-refractivity contribution in [3.05, 3.63) is 34.7 Å². The van der Waals surface area contributed by atoms with Crippen molar-refractivity contribution in [2.24, 2.45) is 5.92 Å². The summed E-state index contributed by atoms with van der Waals surface area (Å²) in [6, 6.07) is 6.99. The number of ether oxygens (including phenoxy) is 1. The highest BCUT2D eigenvalue weighted by molar-refractivity contribution is 5.94. The van der Waals surface area contributed by atoms with Crippen LogP contribution in [0.4, 0.5) is 5.69 Å². The Morgan fingerprint density at radius 2 is 2.04 bits per heavy atom. The maximum absolute atomic E-state index is 12.3. The molecule has 1 aliphatic rings. The molecule has 1 fully saturated rings. The first-order valence-corrected chi connectivity index (χ1v) is 8.19. The van der Waals surface area contributed by atoms with Crippen molar-refractivity contribution in [2.45, 2.75) is 39.0 Å². The van der Waals surface area contributed by atoms with E-state index in [1.807, 2.05) is 19.1 Å². The number of rotatable bonds is 4. The Balaban J connectivity index is 1.83. The molecule has 0 aliphatic heterocycles. The number of benzene rings is 1. The molecule has 1 N–H and O–H groups in total. The molecule has 0 radical (unpaired) electrons. The predicted molar refractivity (Wildman–Crippen MR) is 88.9 cm³/mol. The van der Waals surface area contributed by atoms with Gasteiger partial charge in [0, 0.05) is 17.4 Å². The van der Waals surface area contributed by atoms with Gasteiger partial charge in [-0.3, -0.25) is 4.79 Å². The lowest BCUT2D eigenvalue weighted by molar-refractivity contribution is -0.120. The van der Waals surface area contributed by atoms with Crippen molar-refractivity contribution in [1.82, 2.24) is 0 Å². The van der Waals surface area contributed by atoms with Crippen LogP contribution >= 0.6 is 0 Å². The van der Waals surface area contributed by atoms with E-state index < -0.39 is 5.63 Å². The molecule has 1 aromatic carbocycles. The summed E-state index contributed by atoms with van der Waals surface area (Å²) in [4.78, 5) is 24.4. The lowest BCUT2D eigenvalue weighted by Gasteiger charge is -2.20. The van der Waals surface area contributed by atoms with Gasteiger partial charge in [0.25, 0.3) is 0 Å². The van der Waals surface area contributed by atoms with Crippen molar-refractivity contribution < 1.29 is 13.9 Å². The van der Waals surface area contributed by atoms with Gasteiger partial charge in [0.05, 0.1) is 6.61 Å². The van der Waals surface area contributed by atoms with Gasteiger partial charge in [-0.1, -0.05) is 19.3 Å². The zero-order chi connectivity index (χ0) is 16.2. The Hall–Kier alpha value is -2.30. The minimum atomic E-state index is -0.532. The molecule has 2 aromatic rings. The summed E-state index contributed by atoms with van der Waals surface area (Å²) >= 11 is 0. The third kappa shape index (κ3) is 3.55. The number of carbonyl (C=O) groups excluding carboxylic acids is 1. The topological polar surface area (TPSA) is 68.5 Å². The van der Waals surface area contributed by atoms with E-state index in [1.54, 1.807) is 12.1 Å². The summed E-state index contributed by atoms with van der Waals surface area (Å²) in [5, 5.41) is 3.49. The van der Waals surface area contributed by atoms with Crippen LogP contribution in [0.1, 0.15) is 39.0 Å². The van der Waals surface area contributed by atoms with E-state index in [0.29, 0.717) is 17.9 Å². The SMILES string of the molecule is CCOc1ccc2cc(NC(=O)C3CCCCC3)c(=O)oc2c1. The first kappa shape index (κ1) is 15.6. The van der Waals surface area contributed by atoms with Crippen molar-refractivity contribution in [1.29, 1.82) is 0 Å². The summed E-state index contributed by atoms with van der Waals surface area (Å²) in [7, 11) is 0. The fourth-order valence-electron chi connectivity index (χ4n) is 3.03. The monoisotopic (exact) mass is 315 g/mol. The van der Waals surface area contributed by atoms with Crippen LogP contribution in [0.5, 0.6) is 5.75 Å². The van der Waals surface area contributed by atoms with Crippen LogP contribution in [0.3, 0.4) is 0 Å². The Kier molecular flexibility index (Phi) is 4.65. The maximum Gasteiger partial charge on any atom is 0.360 e. The minimum absolute atomic E-state index is 0.000762. The van der Waals surface area contributed by atoms with E-state index >= 15 is 0 Å². The lowest BCUT2D eigenvalue weighted by atomic mass is 9.88. The first-order chi connectivity index (χ1) is 11.2. The Bertz CT molecular complexity index is 759. The van der Waals surface area contributed by atoms with E-state index in [9.17, 15) is 9.59 Å². The molecule has 0 saturated heterocycles. The second-order valence-electron chi connectivity index (χ2n) is 5.90. The zero-order valence-corrected chi connectivity index (χ0v) is 13.3. The van der Waals surface area contributed by atoms with E-state index in [-0.39, 0.29) is 17.5 Å². The molecule has 3 rings (SSSR count). The van der Waals surface area contributed by atoms with Crippen molar-refractivity contribution in [3.63, 3.8) is 0 Å². The predicted octanol–water partition coefficient (Wildman–Crippen LogP) is 3.71. The van der Waals surface area contributed by atoms with Gasteiger partial charge in [-0.05, 0) is 38.0 Å². The van der Waals surface area contributed by atoms with Crippen molar-refractivity contribution in [2.75, 3.05) is 11.9 Å². The third-order valence-corrected chi connectivity index (χ3v) is 4.25. The van der Waals surface area contributed by atoms with Gasteiger partial charge in [0.15, 0.2) is 0 Å². The molecule has 0 atom stereocenters. The minimum Gasteiger partial charge on any atom is -0.494 e. The van der Waals surface area contributed by atoms with Gasteiger partial charge >= 0.3 is 5.63 Å². The van der Waals surface area contributed by atoms with Crippen LogP contribution in [0.25, 0.3) is 11.0 Å². The summed E-state index contributed by atoms with van der Waals surface area (Å²) in [5.41, 5.74) is 0.129. The summed E-state index contributed by atoms with van der Waals surface area (Å²) in [5.74, 6) is 0.573. The number of hydrogen-bond acceptors (Lipinski definition) is 4. The summed E-state index contributed by atoms with van der Waals surface area (Å²) < 4.78 is 10.7. The van der Waals surface area contributed by atoms with Crippen molar-refractivity contribution >= 4 is 22.6 Å². The number of amides is 1. The molecule has 1 heterocycles. The fraction of sp³-hybridized carbons (Fsp3) is 0.444. The second-order valence-corrected chi connectivity index (χ2v) is 5.90. The van der Waals surface area contributed by atoms with Gasteiger partial charge in [0.1, 0.15) is 17.0 Å². The van der Waals surface area contributed by atoms with Gasteiger partial charge in [-0.2, -0.15) is 0 Å². The number of anilines is 1. The molecule has 1 aliphatic carbocycles. The number of fused-ring (bicyclic) bond motifs is 1. The lowest BCUT2D eigenvalue weighted by Crippen LogP contribution is -2.27. The fourth-order valence-corrected chi connectivity index (χ4v) is 3.03. The second kappa shape index (κ2) is 6.86. The molecule has 1 aromatic heterocycles. The van der Waals surface area contributed by atoms with Gasteiger partial charge < -0.3 is 14.5 Å². The van der Waals surface area contributed by atoms with E-state index in [0.717, 1.165) is 31.1 Å². The van der Waals surface area contributed by atoms with Crippen LogP contribution < -0.4 is 15.7 Å². The summed E-state index contributed by atoms with van der Waals surface area (Å²) in [6.45, 7) is 2.44. The normalized spacial score (nSPS) is 15.5. The van der Waals surface area contributed by atoms with Crippen molar-refractivity contribution in [3.8, 4) is 5.75 Å². The smallest absolute Gasteiger partial charge is 0.360 e. The average molecular weight is 315 g/mol. The zero-order valence-electron chi connectivity index (χ0n) is 13.3. The highest BCUT2D eigenvalue weighted by Crippen LogP contribution is 2.26. The van der Waals surface area contributed by atoms with Crippen LogP contribution in [-0.2, 0) is 4.79 Å². The average Bonchev–Trinajstić information content (AvgIpc) is 2.57. The molecule has 5 nitrogen and oxygen atoms in total. The van der Waals surface area contributed by atoms with Crippen LogP contribution in [-0.4, -0.2) is 12.5 Å². The number of hydrogen-bond donors (Lipinski definition) is 1. The molecule has 122 valence electrons. The molecule has 0 unspecified atom stereocenters. The molecule has 0 bridgehead atoms. The van der Waals surface area contributed by atoms with E-state index in [2.05, 4.69) is 5.32 Å². The van der Waals surface area contributed by atoms with Gasteiger partial charge in [0.2, 0.25) is 5.91 Å².